The normalized spacial score (nSPS) is 12.3. The average Bonchev–Trinajstić information content (AvgIpc) is 3.88. The molecule has 0 spiro atoms. The summed E-state index contributed by atoms with van der Waals surface area (Å²) >= 11 is 24.3. The molecule has 6 aromatic carbocycles. The largest absolute Gasteiger partial charge is 0.423 e. The lowest BCUT2D eigenvalue weighted by atomic mass is 10.0. The number of aromatic nitrogens is 4. The van der Waals surface area contributed by atoms with Crippen LogP contribution in [-0.2, 0) is 0 Å². The Balaban J connectivity index is 0.919. The first-order valence-corrected chi connectivity index (χ1v) is 21.2. The minimum absolute atomic E-state index is 0.0240. The molecule has 2 N–H and O–H groups in total. The molecule has 64 heavy (non-hydrogen) atoms. The Bertz CT molecular complexity index is 3620. The number of anilines is 2. The van der Waals surface area contributed by atoms with E-state index in [2.05, 4.69) is 15.7 Å². The van der Waals surface area contributed by atoms with Crippen LogP contribution in [0.2, 0.25) is 10.0 Å². The maximum atomic E-state index is 13.0. The SMILES string of the molecule is O=c1cc(-c2nn(C(Nc3ccc(-c4ccc(NC(c5cccc(Cl)c5)n5nc(-c6cc7ccccc7oc6=O)oc5=S)cc4)cc3)c3cccc(Cl)c3)c(=S)o2)c2ccccc2o1. The monoisotopic (exact) mass is 920 g/mol. The molecule has 4 aromatic heterocycles. The molecule has 314 valence electrons. The molecule has 0 saturated heterocycles. The smallest absolute Gasteiger partial charge is 0.349 e. The van der Waals surface area contributed by atoms with Crippen molar-refractivity contribution in [2.75, 3.05) is 10.6 Å². The number of fused-ring (bicyclic) bond motifs is 2. The molecule has 0 radical (unpaired) electrons. The quantitative estimate of drug-likeness (QED) is 0.0940. The number of rotatable bonds is 11. The number of para-hydroxylation sites is 2. The van der Waals surface area contributed by atoms with E-state index in [-0.39, 0.29) is 27.0 Å². The van der Waals surface area contributed by atoms with Crippen molar-refractivity contribution in [2.24, 2.45) is 0 Å². The highest BCUT2D eigenvalue weighted by Gasteiger charge is 2.24. The number of hydrogen-bond donors (Lipinski definition) is 2. The minimum Gasteiger partial charge on any atom is -0.423 e. The number of hydrogen-bond acceptors (Lipinski definition) is 12. The molecule has 0 amide bonds. The average molecular weight is 922 g/mol. The number of nitrogens with one attached hydrogen (secondary N) is 2. The Hall–Kier alpha value is -7.36. The van der Waals surface area contributed by atoms with Crippen molar-refractivity contribution >= 4 is 81.0 Å². The zero-order chi connectivity index (χ0) is 43.9. The summed E-state index contributed by atoms with van der Waals surface area (Å²) in [5.74, 6) is 0.190. The molecule has 0 aliphatic rings. The minimum atomic E-state index is -0.666. The van der Waals surface area contributed by atoms with Gasteiger partial charge in [-0.25, -0.2) is 9.59 Å². The molecule has 0 fully saturated rings. The molecule has 4 heterocycles. The van der Waals surface area contributed by atoms with E-state index in [9.17, 15) is 9.59 Å². The summed E-state index contributed by atoms with van der Waals surface area (Å²) in [4.78, 5) is 25.6. The predicted molar refractivity (Wildman–Crippen MR) is 252 cm³/mol. The third kappa shape index (κ3) is 8.18. The Kier molecular flexibility index (Phi) is 10.9. The molecule has 10 aromatic rings. The van der Waals surface area contributed by atoms with Crippen molar-refractivity contribution in [3.8, 4) is 34.0 Å². The molecule has 0 aliphatic heterocycles. The van der Waals surface area contributed by atoms with Crippen LogP contribution in [0, 0.1) is 9.67 Å². The number of nitrogens with zero attached hydrogens (tertiary/aromatic N) is 4. The van der Waals surface area contributed by atoms with Gasteiger partial charge in [-0.15, -0.1) is 10.2 Å². The summed E-state index contributed by atoms with van der Waals surface area (Å²) in [6, 6.07) is 47.8. The molecule has 16 heteroatoms. The van der Waals surface area contributed by atoms with Gasteiger partial charge in [0, 0.05) is 38.3 Å². The van der Waals surface area contributed by atoms with Gasteiger partial charge in [0.05, 0.1) is 5.56 Å². The highest BCUT2D eigenvalue weighted by atomic mass is 35.5. The van der Waals surface area contributed by atoms with Gasteiger partial charge < -0.3 is 28.3 Å². The fourth-order valence-corrected chi connectivity index (χ4v) is 8.23. The van der Waals surface area contributed by atoms with Crippen molar-refractivity contribution < 1.29 is 17.7 Å². The second-order valence-electron chi connectivity index (χ2n) is 14.6. The highest BCUT2D eigenvalue weighted by Crippen LogP contribution is 2.32. The van der Waals surface area contributed by atoms with Gasteiger partial charge in [0.1, 0.15) is 16.7 Å². The highest BCUT2D eigenvalue weighted by molar-refractivity contribution is 7.71. The van der Waals surface area contributed by atoms with E-state index in [1.54, 1.807) is 53.2 Å². The Morgan fingerprint density at radius 1 is 0.516 bits per heavy atom. The van der Waals surface area contributed by atoms with Gasteiger partial charge in [-0.3, -0.25) is 0 Å². The van der Waals surface area contributed by atoms with Crippen molar-refractivity contribution in [1.82, 2.24) is 19.6 Å². The predicted octanol–water partition coefficient (Wildman–Crippen LogP) is 12.6. The third-order valence-electron chi connectivity index (χ3n) is 10.4. The van der Waals surface area contributed by atoms with Crippen molar-refractivity contribution in [3.63, 3.8) is 0 Å². The van der Waals surface area contributed by atoms with Crippen LogP contribution in [0.1, 0.15) is 23.5 Å². The lowest BCUT2D eigenvalue weighted by Crippen LogP contribution is -2.21. The van der Waals surface area contributed by atoms with Gasteiger partial charge in [0.25, 0.3) is 15.6 Å². The molecule has 0 aliphatic carbocycles. The first-order valence-electron chi connectivity index (χ1n) is 19.6. The van der Waals surface area contributed by atoms with Crippen LogP contribution < -0.4 is 21.9 Å². The maximum Gasteiger partial charge on any atom is 0.349 e. The lowest BCUT2D eigenvalue weighted by molar-refractivity contribution is 0.494. The van der Waals surface area contributed by atoms with Crippen molar-refractivity contribution in [3.05, 3.63) is 209 Å². The molecule has 0 saturated carbocycles. The van der Waals surface area contributed by atoms with E-state index in [4.69, 9.17) is 70.4 Å². The first-order chi connectivity index (χ1) is 31.1. The van der Waals surface area contributed by atoms with Gasteiger partial charge in [-0.2, -0.15) is 9.36 Å². The van der Waals surface area contributed by atoms with E-state index < -0.39 is 23.6 Å². The lowest BCUT2D eigenvalue weighted by Gasteiger charge is -2.21. The standard InChI is InChI=1S/C48H30Cl2N6O6S2/c49-32-10-5-8-30(23-32)42(55-47(63)61-44(53-55)37-26-41(57)59-40-14-4-2-12-36(37)40)51-34-19-15-27(16-20-34)28-17-21-35(22-18-28)52-43(31-9-6-11-33(50)24-31)56-48(64)62-45(54-56)38-25-29-7-1-3-13-39(29)60-46(38)58/h1-26,42-43,51-52H. The topological polar surface area (TPSA) is 146 Å². The van der Waals surface area contributed by atoms with E-state index in [1.807, 2.05) is 103 Å². The second kappa shape index (κ2) is 17.1. The summed E-state index contributed by atoms with van der Waals surface area (Å²) in [5, 5.41) is 18.9. The molecule has 2 atom stereocenters. The summed E-state index contributed by atoms with van der Waals surface area (Å²) in [5.41, 5.74) is 5.25. The number of benzene rings is 6. The van der Waals surface area contributed by atoms with Crippen LogP contribution in [-0.4, -0.2) is 19.6 Å². The van der Waals surface area contributed by atoms with E-state index in [0.717, 1.165) is 33.6 Å². The van der Waals surface area contributed by atoms with E-state index in [1.165, 1.54) is 10.7 Å². The Labute approximate surface area is 382 Å². The van der Waals surface area contributed by atoms with Gasteiger partial charge in [-0.1, -0.05) is 108 Å². The zero-order valence-electron chi connectivity index (χ0n) is 33.0. The van der Waals surface area contributed by atoms with E-state index in [0.29, 0.717) is 37.5 Å². The van der Waals surface area contributed by atoms with Crippen LogP contribution in [0.5, 0.6) is 0 Å². The number of halogens is 2. The second-order valence-corrected chi connectivity index (χ2v) is 16.1. The molecular weight excluding hydrogens is 892 g/mol. The van der Waals surface area contributed by atoms with Crippen LogP contribution >= 0.6 is 47.6 Å². The fraction of sp³-hybridized carbons (Fsp3) is 0.0417. The Morgan fingerprint density at radius 3 is 1.59 bits per heavy atom. The summed E-state index contributed by atoms with van der Waals surface area (Å²) < 4.78 is 25.9. The van der Waals surface area contributed by atoms with Crippen LogP contribution in [0.15, 0.2) is 185 Å². The molecule has 12 nitrogen and oxygen atoms in total. The summed E-state index contributed by atoms with van der Waals surface area (Å²) in [6.07, 6.45) is -1.31. The fourth-order valence-electron chi connectivity index (χ4n) is 7.38. The molecule has 0 bridgehead atoms. The third-order valence-corrected chi connectivity index (χ3v) is 11.4. The maximum absolute atomic E-state index is 13.0. The summed E-state index contributed by atoms with van der Waals surface area (Å²) in [7, 11) is 0. The summed E-state index contributed by atoms with van der Waals surface area (Å²) in [6.45, 7) is 0. The molecular formula is C48H30Cl2N6O6S2. The van der Waals surface area contributed by atoms with Crippen LogP contribution in [0.4, 0.5) is 11.4 Å². The van der Waals surface area contributed by atoms with Gasteiger partial charge >= 0.3 is 11.3 Å². The van der Waals surface area contributed by atoms with Crippen LogP contribution in [0.3, 0.4) is 0 Å². The van der Waals surface area contributed by atoms with Gasteiger partial charge in [0.15, 0.2) is 12.3 Å². The molecule has 2 unspecified atom stereocenters. The van der Waals surface area contributed by atoms with E-state index >= 15 is 0 Å². The van der Waals surface area contributed by atoms with Crippen molar-refractivity contribution in [1.29, 1.82) is 0 Å². The Morgan fingerprint density at radius 2 is 1.03 bits per heavy atom. The zero-order valence-corrected chi connectivity index (χ0v) is 36.1. The molecule has 10 rings (SSSR count). The van der Waals surface area contributed by atoms with Gasteiger partial charge in [-0.05, 0) is 113 Å². The van der Waals surface area contributed by atoms with Gasteiger partial charge in [0.2, 0.25) is 5.89 Å². The van der Waals surface area contributed by atoms with Crippen LogP contribution in [0.25, 0.3) is 56.0 Å². The van der Waals surface area contributed by atoms with Crippen molar-refractivity contribution in [2.45, 2.75) is 12.3 Å². The first kappa shape index (κ1) is 40.7.